The highest BCUT2D eigenvalue weighted by Crippen LogP contribution is 2.08. The summed E-state index contributed by atoms with van der Waals surface area (Å²) >= 11 is 0. The van der Waals surface area contributed by atoms with Gasteiger partial charge >= 0.3 is 0 Å². The summed E-state index contributed by atoms with van der Waals surface area (Å²) in [6, 6.07) is 0.270. The standard InChI is InChI=1S/C10H14N2O/c1-4-5-9(13)10-11-6-7-12(10)8(2)3/h4-8H,1-3H3/b5-4+. The Morgan fingerprint density at radius 3 is 2.85 bits per heavy atom. The van der Waals surface area contributed by atoms with Crippen LogP contribution in [0.1, 0.15) is 37.4 Å². The zero-order chi connectivity index (χ0) is 9.84. The van der Waals surface area contributed by atoms with Crippen molar-refractivity contribution in [3.8, 4) is 0 Å². The number of allylic oxidation sites excluding steroid dienone is 2. The molecule has 0 aliphatic heterocycles. The molecule has 3 heteroatoms. The van der Waals surface area contributed by atoms with Gasteiger partial charge in [-0.1, -0.05) is 6.08 Å². The minimum Gasteiger partial charge on any atom is -0.326 e. The van der Waals surface area contributed by atoms with Crippen molar-refractivity contribution in [2.24, 2.45) is 0 Å². The maximum absolute atomic E-state index is 11.5. The van der Waals surface area contributed by atoms with E-state index in [1.54, 1.807) is 12.3 Å². The molecule has 0 bridgehead atoms. The lowest BCUT2D eigenvalue weighted by Crippen LogP contribution is -2.09. The van der Waals surface area contributed by atoms with Crippen molar-refractivity contribution >= 4 is 5.78 Å². The van der Waals surface area contributed by atoms with Gasteiger partial charge in [-0.05, 0) is 26.8 Å². The highest BCUT2D eigenvalue weighted by atomic mass is 16.1. The Bertz CT molecular complexity index is 323. The smallest absolute Gasteiger partial charge is 0.220 e. The van der Waals surface area contributed by atoms with Crippen LogP contribution in [0.25, 0.3) is 0 Å². The van der Waals surface area contributed by atoms with E-state index in [4.69, 9.17) is 0 Å². The molecule has 1 rings (SSSR count). The Hall–Kier alpha value is -1.38. The van der Waals surface area contributed by atoms with Gasteiger partial charge in [0.1, 0.15) is 0 Å². The van der Waals surface area contributed by atoms with E-state index >= 15 is 0 Å². The second kappa shape index (κ2) is 4.03. The predicted octanol–water partition coefficient (Wildman–Crippen LogP) is 2.22. The van der Waals surface area contributed by atoms with Crippen molar-refractivity contribution < 1.29 is 4.79 Å². The number of imidazole rings is 1. The minimum atomic E-state index is -0.0406. The summed E-state index contributed by atoms with van der Waals surface area (Å²) < 4.78 is 1.86. The molecule has 13 heavy (non-hydrogen) atoms. The highest BCUT2D eigenvalue weighted by Gasteiger charge is 2.10. The molecule has 0 spiro atoms. The number of hydrogen-bond acceptors (Lipinski definition) is 2. The lowest BCUT2D eigenvalue weighted by atomic mass is 10.3. The molecule has 3 nitrogen and oxygen atoms in total. The van der Waals surface area contributed by atoms with Gasteiger partial charge in [-0.2, -0.15) is 0 Å². The van der Waals surface area contributed by atoms with Gasteiger partial charge in [0, 0.05) is 18.4 Å². The molecule has 0 unspecified atom stereocenters. The molecule has 70 valence electrons. The second-order valence-electron chi connectivity index (χ2n) is 3.12. The molecule has 0 aliphatic carbocycles. The Balaban J connectivity index is 3.00. The van der Waals surface area contributed by atoms with Gasteiger partial charge in [-0.25, -0.2) is 4.98 Å². The quantitative estimate of drug-likeness (QED) is 0.525. The molecule has 1 aromatic rings. The normalized spacial score (nSPS) is 11.4. The van der Waals surface area contributed by atoms with Crippen molar-refractivity contribution in [3.63, 3.8) is 0 Å². The first kappa shape index (κ1) is 9.71. The van der Waals surface area contributed by atoms with Crippen molar-refractivity contribution in [1.82, 2.24) is 9.55 Å². The van der Waals surface area contributed by atoms with Crippen molar-refractivity contribution in [2.75, 3.05) is 0 Å². The average molecular weight is 178 g/mol. The molecule has 0 fully saturated rings. The van der Waals surface area contributed by atoms with Crippen LogP contribution in [0.15, 0.2) is 24.5 Å². The van der Waals surface area contributed by atoms with E-state index in [9.17, 15) is 4.79 Å². The molecule has 1 aromatic heterocycles. The van der Waals surface area contributed by atoms with Crippen LogP contribution in [-0.2, 0) is 0 Å². The lowest BCUT2D eigenvalue weighted by molar-refractivity contribution is 0.103. The van der Waals surface area contributed by atoms with E-state index in [1.807, 2.05) is 31.5 Å². The Kier molecular flexibility index (Phi) is 3.01. The van der Waals surface area contributed by atoms with Gasteiger partial charge < -0.3 is 4.57 Å². The monoisotopic (exact) mass is 178 g/mol. The van der Waals surface area contributed by atoms with E-state index in [-0.39, 0.29) is 11.8 Å². The van der Waals surface area contributed by atoms with Crippen molar-refractivity contribution in [2.45, 2.75) is 26.8 Å². The van der Waals surface area contributed by atoms with Crippen LogP contribution in [0.2, 0.25) is 0 Å². The van der Waals surface area contributed by atoms with Crippen LogP contribution in [-0.4, -0.2) is 15.3 Å². The van der Waals surface area contributed by atoms with Crippen LogP contribution in [0, 0.1) is 0 Å². The fraction of sp³-hybridized carbons (Fsp3) is 0.400. The van der Waals surface area contributed by atoms with Crippen LogP contribution in [0.5, 0.6) is 0 Å². The lowest BCUT2D eigenvalue weighted by Gasteiger charge is -2.08. The summed E-state index contributed by atoms with van der Waals surface area (Å²) in [5.41, 5.74) is 0. The van der Waals surface area contributed by atoms with Gasteiger partial charge in [0.2, 0.25) is 5.78 Å². The van der Waals surface area contributed by atoms with E-state index in [1.165, 1.54) is 6.08 Å². The van der Waals surface area contributed by atoms with E-state index in [0.717, 1.165) is 0 Å². The molecule has 0 amide bonds. The molecular weight excluding hydrogens is 164 g/mol. The maximum atomic E-state index is 11.5. The first-order valence-corrected chi connectivity index (χ1v) is 4.36. The molecule has 0 N–H and O–H groups in total. The van der Waals surface area contributed by atoms with Crippen molar-refractivity contribution in [1.29, 1.82) is 0 Å². The summed E-state index contributed by atoms with van der Waals surface area (Å²) in [6.45, 7) is 5.86. The van der Waals surface area contributed by atoms with Crippen LogP contribution < -0.4 is 0 Å². The SMILES string of the molecule is C/C=C/C(=O)c1nccn1C(C)C. The molecular formula is C10H14N2O. The third kappa shape index (κ3) is 2.05. The number of hydrogen-bond donors (Lipinski definition) is 0. The molecule has 0 atom stereocenters. The average Bonchev–Trinajstić information content (AvgIpc) is 2.52. The fourth-order valence-electron chi connectivity index (χ4n) is 1.15. The number of rotatable bonds is 3. The summed E-state index contributed by atoms with van der Waals surface area (Å²) in [4.78, 5) is 15.5. The van der Waals surface area contributed by atoms with Gasteiger partial charge in [0.25, 0.3) is 0 Å². The predicted molar refractivity (Wildman–Crippen MR) is 51.8 cm³/mol. The summed E-state index contributed by atoms with van der Waals surface area (Å²) in [5.74, 6) is 0.467. The van der Waals surface area contributed by atoms with Crippen LogP contribution in [0.3, 0.4) is 0 Å². The molecule has 0 aliphatic rings. The Labute approximate surface area is 78.1 Å². The second-order valence-corrected chi connectivity index (χ2v) is 3.12. The van der Waals surface area contributed by atoms with E-state index in [0.29, 0.717) is 5.82 Å². The highest BCUT2D eigenvalue weighted by molar-refractivity contribution is 6.01. The summed E-state index contributed by atoms with van der Waals surface area (Å²) in [5, 5.41) is 0. The number of ketones is 1. The maximum Gasteiger partial charge on any atom is 0.220 e. The first-order valence-electron chi connectivity index (χ1n) is 4.36. The third-order valence-electron chi connectivity index (χ3n) is 1.76. The third-order valence-corrected chi connectivity index (χ3v) is 1.76. The summed E-state index contributed by atoms with van der Waals surface area (Å²) in [6.07, 6.45) is 6.72. The number of aromatic nitrogens is 2. The van der Waals surface area contributed by atoms with Gasteiger partial charge in [0.15, 0.2) is 5.82 Å². The van der Waals surface area contributed by atoms with Gasteiger partial charge in [-0.3, -0.25) is 4.79 Å². The molecule has 0 aromatic carbocycles. The van der Waals surface area contributed by atoms with E-state index in [2.05, 4.69) is 4.98 Å². The first-order chi connectivity index (χ1) is 6.16. The van der Waals surface area contributed by atoms with Crippen LogP contribution in [0.4, 0.5) is 0 Å². The topological polar surface area (TPSA) is 34.9 Å². The number of nitrogens with zero attached hydrogens (tertiary/aromatic N) is 2. The summed E-state index contributed by atoms with van der Waals surface area (Å²) in [7, 11) is 0. The largest absolute Gasteiger partial charge is 0.326 e. The molecule has 1 heterocycles. The number of carbonyl (C=O) groups is 1. The van der Waals surface area contributed by atoms with Gasteiger partial charge in [0.05, 0.1) is 0 Å². The Morgan fingerprint density at radius 1 is 1.62 bits per heavy atom. The number of carbonyl (C=O) groups excluding carboxylic acids is 1. The minimum absolute atomic E-state index is 0.0406. The van der Waals surface area contributed by atoms with Crippen molar-refractivity contribution in [3.05, 3.63) is 30.4 Å². The molecule has 0 saturated heterocycles. The Morgan fingerprint density at radius 2 is 2.31 bits per heavy atom. The van der Waals surface area contributed by atoms with E-state index < -0.39 is 0 Å². The molecule has 0 saturated carbocycles. The zero-order valence-corrected chi connectivity index (χ0v) is 8.19. The van der Waals surface area contributed by atoms with Gasteiger partial charge in [-0.15, -0.1) is 0 Å². The fourth-order valence-corrected chi connectivity index (χ4v) is 1.15. The molecule has 0 radical (unpaired) electrons. The zero-order valence-electron chi connectivity index (χ0n) is 8.19. The van der Waals surface area contributed by atoms with Crippen LogP contribution >= 0.6 is 0 Å².